The van der Waals surface area contributed by atoms with Gasteiger partial charge >= 0.3 is 5.97 Å². The molecule has 1 aromatic carbocycles. The Morgan fingerprint density at radius 3 is 2.70 bits per heavy atom. The van der Waals surface area contributed by atoms with Gasteiger partial charge in [-0.05, 0) is 36.4 Å². The van der Waals surface area contributed by atoms with Crippen LogP contribution in [0.2, 0.25) is 0 Å². The van der Waals surface area contributed by atoms with Gasteiger partial charge in [-0.1, -0.05) is 15.9 Å². The van der Waals surface area contributed by atoms with Crippen LogP contribution in [0.1, 0.15) is 16.9 Å². The van der Waals surface area contributed by atoms with E-state index in [0.717, 1.165) is 15.9 Å². The molecule has 0 radical (unpaired) electrons. The molecule has 2 heterocycles. The van der Waals surface area contributed by atoms with Gasteiger partial charge in [0.15, 0.2) is 0 Å². The second kappa shape index (κ2) is 6.37. The second-order valence-electron chi connectivity index (χ2n) is 5.29. The number of hydrogen-bond acceptors (Lipinski definition) is 4. The number of carbonyl (C=O) groups is 2. The first-order valence-corrected chi connectivity index (χ1v) is 8.88. The van der Waals surface area contributed by atoms with Gasteiger partial charge in [-0.25, -0.2) is 9.78 Å². The zero-order valence-corrected chi connectivity index (χ0v) is 14.4. The van der Waals surface area contributed by atoms with Crippen LogP contribution in [-0.4, -0.2) is 43.6 Å². The highest BCUT2D eigenvalue weighted by Gasteiger charge is 2.43. The van der Waals surface area contributed by atoms with Gasteiger partial charge in [0, 0.05) is 22.1 Å². The molecular weight excluding hydrogens is 382 g/mol. The van der Waals surface area contributed by atoms with Crippen molar-refractivity contribution in [1.82, 2.24) is 14.9 Å². The van der Waals surface area contributed by atoms with Crippen molar-refractivity contribution in [2.75, 3.05) is 11.5 Å². The number of halogens is 1. The van der Waals surface area contributed by atoms with Crippen molar-refractivity contribution in [3.63, 3.8) is 0 Å². The van der Waals surface area contributed by atoms with Crippen molar-refractivity contribution in [3.05, 3.63) is 47.0 Å². The van der Waals surface area contributed by atoms with Crippen LogP contribution in [0.4, 0.5) is 0 Å². The standard InChI is InChI=1S/C15H14BrN3O3S/c16-10-1-3-11(4-2-10)19-7-12(17-9-19)13(20)18-15(14(21)22)5-6-23-8-15/h1-4,7,9H,5-6,8H2,(H,18,20)(H,21,22). The first kappa shape index (κ1) is 16.1. The molecule has 0 spiro atoms. The third-order valence-corrected chi connectivity index (χ3v) is 5.44. The molecule has 0 bridgehead atoms. The van der Waals surface area contributed by atoms with E-state index >= 15 is 0 Å². The lowest BCUT2D eigenvalue weighted by Gasteiger charge is -2.23. The van der Waals surface area contributed by atoms with Gasteiger partial charge in [0.1, 0.15) is 17.6 Å². The largest absolute Gasteiger partial charge is 0.479 e. The zero-order chi connectivity index (χ0) is 16.4. The number of imidazole rings is 1. The van der Waals surface area contributed by atoms with Crippen LogP contribution >= 0.6 is 27.7 Å². The first-order valence-electron chi connectivity index (χ1n) is 6.94. The topological polar surface area (TPSA) is 84.2 Å². The number of nitrogens with one attached hydrogen (secondary N) is 1. The molecule has 2 aromatic rings. The molecule has 3 rings (SSSR count). The van der Waals surface area contributed by atoms with Crippen molar-refractivity contribution in [1.29, 1.82) is 0 Å². The number of hydrogen-bond donors (Lipinski definition) is 2. The second-order valence-corrected chi connectivity index (χ2v) is 7.31. The maximum Gasteiger partial charge on any atom is 0.330 e. The maximum absolute atomic E-state index is 12.3. The van der Waals surface area contributed by atoms with Crippen LogP contribution < -0.4 is 5.32 Å². The Bertz CT molecular complexity index is 739. The molecule has 0 aliphatic carbocycles. The van der Waals surface area contributed by atoms with Gasteiger partial charge in [-0.3, -0.25) is 4.79 Å². The molecule has 23 heavy (non-hydrogen) atoms. The number of aromatic nitrogens is 2. The average molecular weight is 396 g/mol. The fraction of sp³-hybridized carbons (Fsp3) is 0.267. The number of carboxylic acids is 1. The van der Waals surface area contributed by atoms with Crippen LogP contribution in [0.15, 0.2) is 41.3 Å². The molecule has 1 atom stereocenters. The molecule has 1 unspecified atom stereocenters. The van der Waals surface area contributed by atoms with Gasteiger partial charge in [-0.15, -0.1) is 0 Å². The lowest BCUT2D eigenvalue weighted by Crippen LogP contribution is -2.54. The Kier molecular flexibility index (Phi) is 4.45. The summed E-state index contributed by atoms with van der Waals surface area (Å²) < 4.78 is 2.68. The highest BCUT2D eigenvalue weighted by molar-refractivity contribution is 9.10. The van der Waals surface area contributed by atoms with Crippen LogP contribution in [-0.2, 0) is 4.79 Å². The monoisotopic (exact) mass is 395 g/mol. The van der Waals surface area contributed by atoms with E-state index in [9.17, 15) is 14.7 Å². The SMILES string of the molecule is O=C(NC1(C(=O)O)CCSC1)c1cn(-c2ccc(Br)cc2)cn1. The van der Waals surface area contributed by atoms with E-state index in [-0.39, 0.29) is 5.69 Å². The molecule has 0 saturated carbocycles. The van der Waals surface area contributed by atoms with Gasteiger partial charge in [0.2, 0.25) is 0 Å². The zero-order valence-electron chi connectivity index (χ0n) is 12.0. The number of carbonyl (C=O) groups excluding carboxylic acids is 1. The summed E-state index contributed by atoms with van der Waals surface area (Å²) in [6.07, 6.45) is 3.55. The summed E-state index contributed by atoms with van der Waals surface area (Å²) in [6, 6.07) is 7.56. The molecule has 1 aromatic heterocycles. The summed E-state index contributed by atoms with van der Waals surface area (Å²) in [5.41, 5.74) is -0.127. The Hall–Kier alpha value is -1.80. The fourth-order valence-corrected chi connectivity index (χ4v) is 3.95. The van der Waals surface area contributed by atoms with Gasteiger partial charge < -0.3 is 15.0 Å². The van der Waals surface area contributed by atoms with Crippen molar-refractivity contribution in [2.45, 2.75) is 12.0 Å². The van der Waals surface area contributed by atoms with E-state index in [1.165, 1.54) is 18.1 Å². The average Bonchev–Trinajstić information content (AvgIpc) is 3.17. The molecule has 1 amide bonds. The summed E-state index contributed by atoms with van der Waals surface area (Å²) in [4.78, 5) is 27.9. The van der Waals surface area contributed by atoms with E-state index < -0.39 is 17.4 Å². The minimum absolute atomic E-state index is 0.199. The third-order valence-electron chi connectivity index (χ3n) is 3.72. The minimum Gasteiger partial charge on any atom is -0.479 e. The summed E-state index contributed by atoms with van der Waals surface area (Å²) in [5, 5.41) is 12.1. The predicted octanol–water partition coefficient (Wildman–Crippen LogP) is 2.32. The summed E-state index contributed by atoms with van der Waals surface area (Å²) in [7, 11) is 0. The molecule has 6 nitrogen and oxygen atoms in total. The van der Waals surface area contributed by atoms with Gasteiger partial charge in [0.25, 0.3) is 5.91 Å². The lowest BCUT2D eigenvalue weighted by atomic mass is 9.99. The molecular formula is C15H14BrN3O3S. The molecule has 8 heteroatoms. The number of thioether (sulfide) groups is 1. The van der Waals surface area contributed by atoms with Gasteiger partial charge in [0.05, 0.1) is 0 Å². The maximum atomic E-state index is 12.3. The van der Waals surface area contributed by atoms with Crippen LogP contribution in [0, 0.1) is 0 Å². The van der Waals surface area contributed by atoms with E-state index in [4.69, 9.17) is 0 Å². The molecule has 2 N–H and O–H groups in total. The Labute approximate surface area is 145 Å². The molecule has 1 aliphatic heterocycles. The Morgan fingerprint density at radius 1 is 1.35 bits per heavy atom. The van der Waals surface area contributed by atoms with Crippen molar-refractivity contribution in [3.8, 4) is 5.69 Å². The first-order chi connectivity index (χ1) is 11.0. The number of carboxylic acid groups (broad SMARTS) is 1. The fourth-order valence-electron chi connectivity index (χ4n) is 2.36. The van der Waals surface area contributed by atoms with Crippen LogP contribution in [0.25, 0.3) is 5.69 Å². The van der Waals surface area contributed by atoms with Crippen LogP contribution in [0.3, 0.4) is 0 Å². The quantitative estimate of drug-likeness (QED) is 0.829. The molecule has 1 saturated heterocycles. The normalized spacial score (nSPS) is 20.4. The van der Waals surface area contributed by atoms with Gasteiger partial charge in [-0.2, -0.15) is 11.8 Å². The highest BCUT2D eigenvalue weighted by Crippen LogP contribution is 2.28. The predicted molar refractivity (Wildman–Crippen MR) is 91.0 cm³/mol. The van der Waals surface area contributed by atoms with E-state index in [1.54, 1.807) is 10.8 Å². The smallest absolute Gasteiger partial charge is 0.330 e. The number of aliphatic carboxylic acids is 1. The summed E-state index contributed by atoms with van der Waals surface area (Å²) in [5.74, 6) is -0.365. The molecule has 1 aliphatic rings. The van der Waals surface area contributed by atoms with Crippen LogP contribution in [0.5, 0.6) is 0 Å². The number of benzene rings is 1. The summed E-state index contributed by atoms with van der Waals surface area (Å²) >= 11 is 4.89. The molecule has 1 fully saturated rings. The van der Waals surface area contributed by atoms with Crippen molar-refractivity contribution in [2.24, 2.45) is 0 Å². The highest BCUT2D eigenvalue weighted by atomic mass is 79.9. The Morgan fingerprint density at radius 2 is 2.09 bits per heavy atom. The summed E-state index contributed by atoms with van der Waals surface area (Å²) in [6.45, 7) is 0. The third kappa shape index (κ3) is 3.28. The minimum atomic E-state index is -1.19. The number of nitrogens with zero attached hydrogens (tertiary/aromatic N) is 2. The number of rotatable bonds is 4. The lowest BCUT2D eigenvalue weighted by molar-refractivity contribution is -0.143. The van der Waals surface area contributed by atoms with Crippen molar-refractivity contribution < 1.29 is 14.7 Å². The molecule has 120 valence electrons. The van der Waals surface area contributed by atoms with E-state index in [1.807, 2.05) is 24.3 Å². The number of amides is 1. The van der Waals surface area contributed by atoms with E-state index in [0.29, 0.717) is 12.2 Å². The Balaban J connectivity index is 1.78. The van der Waals surface area contributed by atoms with E-state index in [2.05, 4.69) is 26.2 Å². The van der Waals surface area contributed by atoms with Crippen molar-refractivity contribution >= 4 is 39.6 Å².